The van der Waals surface area contributed by atoms with Gasteiger partial charge in [0, 0.05) is 61.3 Å². The number of carbonyl (C=O) groups is 1. The van der Waals surface area contributed by atoms with Crippen molar-refractivity contribution in [2.24, 2.45) is 0 Å². The Balaban J connectivity index is 1.03. The monoisotopic (exact) mass is 1050 g/mol. The molecule has 4 bridgehead atoms. The van der Waals surface area contributed by atoms with Gasteiger partial charge in [0.15, 0.2) is 17.4 Å². The molecule has 4 aromatic carbocycles. The summed E-state index contributed by atoms with van der Waals surface area (Å²) in [5.74, 6) is -0.188. The molecule has 15 nitrogen and oxygen atoms in total. The van der Waals surface area contributed by atoms with Gasteiger partial charge in [-0.15, -0.1) is 11.3 Å². The molecule has 0 radical (unpaired) electrons. The predicted octanol–water partition coefficient (Wildman–Crippen LogP) is 10.1. The normalized spacial score (nSPS) is 19.2. The van der Waals surface area contributed by atoms with Crippen LogP contribution >= 0.6 is 34.5 Å². The molecule has 2 fully saturated rings. The maximum atomic E-state index is 14.4. The van der Waals surface area contributed by atoms with E-state index < -0.39 is 29.8 Å². The lowest BCUT2D eigenvalue weighted by Gasteiger charge is -2.35. The molecular weight excluding hydrogens is 999 g/mol. The molecule has 380 valence electrons. The highest BCUT2D eigenvalue weighted by molar-refractivity contribution is 7.22. The number of aliphatic carboxylic acids is 1. The number of nitrogens with zero attached hydrogens (tertiary/aromatic N) is 6. The van der Waals surface area contributed by atoms with Gasteiger partial charge in [-0.2, -0.15) is 0 Å². The Bertz CT molecular complexity index is 3140. The number of thiophene rings is 1. The van der Waals surface area contributed by atoms with Crippen molar-refractivity contribution in [3.8, 4) is 61.8 Å². The Kier molecular flexibility index (Phi) is 14.7. The predicted molar refractivity (Wildman–Crippen MR) is 276 cm³/mol. The van der Waals surface area contributed by atoms with Crippen molar-refractivity contribution in [3.63, 3.8) is 0 Å². The average molecular weight is 1050 g/mol. The molecule has 1 unspecified atom stereocenters. The third-order valence-corrected chi connectivity index (χ3v) is 15.1. The van der Waals surface area contributed by atoms with E-state index in [1.165, 1.54) is 29.8 Å². The van der Waals surface area contributed by atoms with Crippen molar-refractivity contribution >= 4 is 50.7 Å². The van der Waals surface area contributed by atoms with Gasteiger partial charge in [0.1, 0.15) is 66.3 Å². The molecule has 0 aliphatic carbocycles. The van der Waals surface area contributed by atoms with Gasteiger partial charge in [0.2, 0.25) is 12.0 Å². The molecule has 7 heterocycles. The number of carboxylic acids is 1. The van der Waals surface area contributed by atoms with E-state index in [9.17, 15) is 14.3 Å². The Labute approximate surface area is 435 Å². The number of rotatable bonds is 11. The molecule has 2 saturated heterocycles. The summed E-state index contributed by atoms with van der Waals surface area (Å²) in [5, 5.41) is 12.0. The number of ether oxygens (including phenoxy) is 7. The second-order valence-corrected chi connectivity index (χ2v) is 20.5. The van der Waals surface area contributed by atoms with Crippen LogP contribution in [0.1, 0.15) is 36.2 Å². The number of para-hydroxylation sites is 1. The Morgan fingerprint density at radius 3 is 2.40 bits per heavy atom. The zero-order chi connectivity index (χ0) is 51.0. The smallest absolute Gasteiger partial charge is 0.345 e. The lowest BCUT2D eigenvalue weighted by Crippen LogP contribution is -2.49. The van der Waals surface area contributed by atoms with Gasteiger partial charge >= 0.3 is 5.97 Å². The summed E-state index contributed by atoms with van der Waals surface area (Å²) in [7, 11) is 2.10. The highest BCUT2D eigenvalue weighted by Gasteiger charge is 2.34. The zero-order valence-electron chi connectivity index (χ0n) is 40.8. The summed E-state index contributed by atoms with van der Waals surface area (Å²) >= 11 is 16.0. The quantitative estimate of drug-likeness (QED) is 0.130. The second-order valence-electron chi connectivity index (χ2n) is 18.7. The molecule has 0 saturated carbocycles. The Morgan fingerprint density at radius 1 is 0.890 bits per heavy atom. The molecule has 4 aliphatic heterocycles. The average Bonchev–Trinajstić information content (AvgIpc) is 3.95. The number of halogens is 3. The molecule has 3 atom stereocenters. The molecule has 11 rings (SSSR count). The molecular formula is C54H53Cl2FN6O9S. The molecule has 3 aromatic heterocycles. The first-order valence-electron chi connectivity index (χ1n) is 23.9. The molecule has 0 spiro atoms. The van der Waals surface area contributed by atoms with Crippen LogP contribution in [0, 0.1) is 19.7 Å². The lowest BCUT2D eigenvalue weighted by molar-refractivity contribution is -0.145. The fraction of sp³-hybridized carbons (Fsp3) is 0.352. The Hall–Kier alpha value is -6.18. The van der Waals surface area contributed by atoms with Crippen molar-refractivity contribution in [1.82, 2.24) is 29.7 Å². The van der Waals surface area contributed by atoms with E-state index in [2.05, 4.69) is 31.8 Å². The molecule has 0 amide bonds. The van der Waals surface area contributed by atoms with E-state index in [-0.39, 0.29) is 48.3 Å². The Morgan fingerprint density at radius 2 is 1.66 bits per heavy atom. The number of benzene rings is 4. The van der Waals surface area contributed by atoms with Crippen molar-refractivity contribution < 1.29 is 47.4 Å². The fourth-order valence-corrected chi connectivity index (χ4v) is 10.9. The third-order valence-electron chi connectivity index (χ3n) is 13.1. The largest absolute Gasteiger partial charge is 0.490 e. The topological polar surface area (TPSA) is 160 Å². The van der Waals surface area contributed by atoms with Gasteiger partial charge in [-0.25, -0.2) is 29.1 Å². The fourth-order valence-electron chi connectivity index (χ4n) is 9.28. The first kappa shape index (κ1) is 50.4. The van der Waals surface area contributed by atoms with Crippen molar-refractivity contribution in [3.05, 3.63) is 124 Å². The van der Waals surface area contributed by atoms with Gasteiger partial charge in [-0.1, -0.05) is 47.5 Å². The molecule has 19 heteroatoms. The lowest BCUT2D eigenvalue weighted by atomic mass is 9.92. The van der Waals surface area contributed by atoms with Gasteiger partial charge in [0.25, 0.3) is 0 Å². The highest BCUT2D eigenvalue weighted by atomic mass is 35.5. The number of aromatic nitrogens is 4. The SMILES string of the molecule is Cc1c(Cl)c2c(Cl)c(C)c1-c1c(-c3ccc(F)cc3)sc3ncnc(c13)O[C@@H](C(=O)O)Cc1cc(ccc1OCc1ccnc(-c3ccccc3OC[C@H]3COC(C)(C)O3)n1)OCC(CN1CCN(C)CC1)O2. The number of hydrogen-bond donors (Lipinski definition) is 1. The zero-order valence-corrected chi connectivity index (χ0v) is 43.2. The summed E-state index contributed by atoms with van der Waals surface area (Å²) in [4.78, 5) is 37.9. The molecule has 73 heavy (non-hydrogen) atoms. The number of likely N-dealkylation sites (N-methyl/N-ethyl adjacent to an activating group) is 1. The maximum Gasteiger partial charge on any atom is 0.345 e. The van der Waals surface area contributed by atoms with E-state index in [0.717, 1.165) is 26.2 Å². The standard InChI is InChI=1S/C54H53Cl2FN6O9S/c1-30-43-31(2)47(56)48(46(30)55)70-37(24-63-20-18-62(5)19-21-63)26-66-36-14-15-40(67-25-35-16-17-58-50(61-35)39-8-6-7-9-41(39)68-27-38-28-69-54(3,4)72-38)33(22-36)23-42(53(64)65)71-51-45-44(43)49(73-52(45)60-29-59-51)32-10-12-34(57)13-11-32/h6-17,22,29,37-38,42H,18-21,23-28H2,1-5H3,(H,64,65)/t37?,38-,42+/m0/s1. The number of hydrogen-bond acceptors (Lipinski definition) is 15. The van der Waals surface area contributed by atoms with Crippen LogP contribution < -0.4 is 23.7 Å². The van der Waals surface area contributed by atoms with Crippen LogP contribution in [0.15, 0.2) is 85.3 Å². The minimum atomic E-state index is -1.49. The first-order valence-corrected chi connectivity index (χ1v) is 25.5. The van der Waals surface area contributed by atoms with Gasteiger partial charge < -0.3 is 43.2 Å². The van der Waals surface area contributed by atoms with Crippen LogP contribution in [0.4, 0.5) is 4.39 Å². The third kappa shape index (κ3) is 11.0. The van der Waals surface area contributed by atoms with Crippen LogP contribution in [0.5, 0.6) is 28.9 Å². The van der Waals surface area contributed by atoms with Crippen LogP contribution in [0.3, 0.4) is 0 Å². The van der Waals surface area contributed by atoms with Gasteiger partial charge in [-0.05, 0) is 106 Å². The van der Waals surface area contributed by atoms with E-state index in [1.54, 1.807) is 42.6 Å². The summed E-state index contributed by atoms with van der Waals surface area (Å²) in [5.41, 5.74) is 4.94. The second kappa shape index (κ2) is 21.3. The van der Waals surface area contributed by atoms with Crippen LogP contribution in [0.25, 0.3) is 43.2 Å². The molecule has 4 aliphatic rings. The van der Waals surface area contributed by atoms with Crippen LogP contribution in [-0.2, 0) is 27.3 Å². The van der Waals surface area contributed by atoms with Crippen LogP contribution in [-0.4, -0.2) is 125 Å². The minimum absolute atomic E-state index is 0.00200. The summed E-state index contributed by atoms with van der Waals surface area (Å²) in [6, 6.07) is 20.6. The number of fused-ring (bicyclic) bond motifs is 7. The first-order chi connectivity index (χ1) is 35.2. The number of carboxylic acid groups (broad SMARTS) is 1. The molecule has 7 aromatic rings. The summed E-state index contributed by atoms with van der Waals surface area (Å²) < 4.78 is 58.7. The van der Waals surface area contributed by atoms with Crippen molar-refractivity contribution in [2.45, 2.75) is 64.8 Å². The van der Waals surface area contributed by atoms with Gasteiger partial charge in [0.05, 0.1) is 33.3 Å². The van der Waals surface area contributed by atoms with E-state index in [1.807, 2.05) is 52.0 Å². The van der Waals surface area contributed by atoms with Crippen molar-refractivity contribution in [2.75, 3.05) is 59.6 Å². The van der Waals surface area contributed by atoms with E-state index >= 15 is 0 Å². The summed E-state index contributed by atoms with van der Waals surface area (Å²) in [6.07, 6.45) is 0.525. The highest BCUT2D eigenvalue weighted by Crippen LogP contribution is 2.53. The van der Waals surface area contributed by atoms with Gasteiger partial charge in [-0.3, -0.25) is 4.90 Å². The number of piperazine rings is 1. The van der Waals surface area contributed by atoms with E-state index in [0.29, 0.717) is 102 Å². The maximum absolute atomic E-state index is 14.4. The van der Waals surface area contributed by atoms with Crippen molar-refractivity contribution in [1.29, 1.82) is 0 Å². The van der Waals surface area contributed by atoms with Crippen LogP contribution in [0.2, 0.25) is 10.0 Å². The molecule has 1 N–H and O–H groups in total. The van der Waals surface area contributed by atoms with E-state index in [4.69, 9.17) is 61.3 Å². The minimum Gasteiger partial charge on any atom is -0.490 e. The summed E-state index contributed by atoms with van der Waals surface area (Å²) in [6.45, 7) is 12.2.